The van der Waals surface area contributed by atoms with Crippen molar-refractivity contribution >= 4 is 27.3 Å². The number of hydrogen-bond donors (Lipinski definition) is 1. The molecule has 0 unspecified atom stereocenters. The molecule has 0 radical (unpaired) electrons. The summed E-state index contributed by atoms with van der Waals surface area (Å²) in [7, 11) is 0. The lowest BCUT2D eigenvalue weighted by Gasteiger charge is -1.99. The lowest BCUT2D eigenvalue weighted by Crippen LogP contribution is -1.96. The van der Waals surface area contributed by atoms with Crippen molar-refractivity contribution in [1.29, 1.82) is 0 Å². The van der Waals surface area contributed by atoms with E-state index in [-0.39, 0.29) is 0 Å². The second-order valence-corrected chi connectivity index (χ2v) is 5.42. The normalized spacial score (nSPS) is 10.6. The first kappa shape index (κ1) is 11.8. The van der Waals surface area contributed by atoms with Crippen LogP contribution in [0.5, 0.6) is 0 Å². The van der Waals surface area contributed by atoms with Gasteiger partial charge in [0.1, 0.15) is 5.01 Å². The Kier molecular flexibility index (Phi) is 4.09. The van der Waals surface area contributed by atoms with Crippen molar-refractivity contribution in [1.82, 2.24) is 4.98 Å². The Balaban J connectivity index is 1.96. The van der Waals surface area contributed by atoms with Crippen molar-refractivity contribution in [3.63, 3.8) is 0 Å². The highest BCUT2D eigenvalue weighted by atomic mass is 79.9. The number of aryl methyl sites for hydroxylation is 2. The summed E-state index contributed by atoms with van der Waals surface area (Å²) in [5.74, 6) is 0. The Morgan fingerprint density at radius 1 is 1.31 bits per heavy atom. The first-order valence-corrected chi connectivity index (χ1v) is 6.83. The number of rotatable bonds is 4. The molecule has 0 saturated carbocycles. The van der Waals surface area contributed by atoms with E-state index in [1.165, 1.54) is 5.56 Å². The maximum Gasteiger partial charge on any atom is 0.106 e. The SMILES string of the molecule is NCc1nc(CCc2cccc(Br)c2)cs1. The topological polar surface area (TPSA) is 38.9 Å². The van der Waals surface area contributed by atoms with E-state index < -0.39 is 0 Å². The highest BCUT2D eigenvalue weighted by molar-refractivity contribution is 9.10. The second kappa shape index (κ2) is 5.57. The fraction of sp³-hybridized carbons (Fsp3) is 0.250. The summed E-state index contributed by atoms with van der Waals surface area (Å²) in [4.78, 5) is 4.45. The van der Waals surface area contributed by atoms with E-state index in [4.69, 9.17) is 5.73 Å². The molecule has 0 aliphatic heterocycles. The van der Waals surface area contributed by atoms with Crippen LogP contribution in [0.2, 0.25) is 0 Å². The Morgan fingerprint density at radius 3 is 2.88 bits per heavy atom. The van der Waals surface area contributed by atoms with E-state index in [1.807, 2.05) is 6.07 Å². The van der Waals surface area contributed by atoms with Gasteiger partial charge in [-0.15, -0.1) is 11.3 Å². The summed E-state index contributed by atoms with van der Waals surface area (Å²) < 4.78 is 1.13. The lowest BCUT2D eigenvalue weighted by atomic mass is 10.1. The Labute approximate surface area is 108 Å². The van der Waals surface area contributed by atoms with Gasteiger partial charge < -0.3 is 5.73 Å². The van der Waals surface area contributed by atoms with Crippen LogP contribution < -0.4 is 5.73 Å². The molecule has 0 atom stereocenters. The minimum atomic E-state index is 0.543. The minimum absolute atomic E-state index is 0.543. The molecule has 84 valence electrons. The third-order valence-electron chi connectivity index (χ3n) is 2.33. The third-order valence-corrected chi connectivity index (χ3v) is 3.75. The maximum absolute atomic E-state index is 5.53. The summed E-state index contributed by atoms with van der Waals surface area (Å²) in [5.41, 5.74) is 8.01. The van der Waals surface area contributed by atoms with E-state index in [0.717, 1.165) is 28.0 Å². The van der Waals surface area contributed by atoms with Crippen molar-refractivity contribution in [2.75, 3.05) is 0 Å². The summed E-state index contributed by atoms with van der Waals surface area (Å²) in [5, 5.41) is 3.12. The molecule has 2 N–H and O–H groups in total. The zero-order valence-corrected chi connectivity index (χ0v) is 11.2. The summed E-state index contributed by atoms with van der Waals surface area (Å²) in [6, 6.07) is 8.39. The van der Waals surface area contributed by atoms with Gasteiger partial charge in [0, 0.05) is 16.4 Å². The molecule has 1 heterocycles. The monoisotopic (exact) mass is 296 g/mol. The molecular weight excluding hydrogens is 284 g/mol. The molecule has 0 aliphatic carbocycles. The minimum Gasteiger partial charge on any atom is -0.325 e. The molecule has 0 spiro atoms. The fourth-order valence-electron chi connectivity index (χ4n) is 1.52. The van der Waals surface area contributed by atoms with E-state index in [1.54, 1.807) is 11.3 Å². The zero-order chi connectivity index (χ0) is 11.4. The van der Waals surface area contributed by atoms with Crippen LogP contribution in [0.25, 0.3) is 0 Å². The van der Waals surface area contributed by atoms with Gasteiger partial charge in [-0.25, -0.2) is 4.98 Å². The van der Waals surface area contributed by atoms with Gasteiger partial charge in [-0.2, -0.15) is 0 Å². The molecule has 2 rings (SSSR count). The highest BCUT2D eigenvalue weighted by Gasteiger charge is 2.01. The molecular formula is C12H13BrN2S. The molecule has 4 heteroatoms. The second-order valence-electron chi connectivity index (χ2n) is 3.57. The standard InChI is InChI=1S/C12H13BrN2S/c13-10-3-1-2-9(6-10)4-5-11-8-16-12(7-14)15-11/h1-3,6,8H,4-5,7,14H2. The number of nitrogens with two attached hydrogens (primary N) is 1. The van der Waals surface area contributed by atoms with Crippen molar-refractivity contribution in [3.05, 3.63) is 50.4 Å². The molecule has 2 aromatic rings. The van der Waals surface area contributed by atoms with Crippen molar-refractivity contribution in [2.24, 2.45) is 5.73 Å². The van der Waals surface area contributed by atoms with Crippen molar-refractivity contribution in [2.45, 2.75) is 19.4 Å². The average Bonchev–Trinajstić information content (AvgIpc) is 2.74. The number of hydrogen-bond acceptors (Lipinski definition) is 3. The van der Waals surface area contributed by atoms with Gasteiger partial charge in [0.2, 0.25) is 0 Å². The van der Waals surface area contributed by atoms with Crippen molar-refractivity contribution < 1.29 is 0 Å². The molecule has 2 nitrogen and oxygen atoms in total. The van der Waals surface area contributed by atoms with Crippen LogP contribution in [-0.2, 0) is 19.4 Å². The first-order chi connectivity index (χ1) is 7.78. The van der Waals surface area contributed by atoms with E-state index in [2.05, 4.69) is 44.5 Å². The van der Waals surface area contributed by atoms with Crippen molar-refractivity contribution in [3.8, 4) is 0 Å². The first-order valence-electron chi connectivity index (χ1n) is 5.15. The van der Waals surface area contributed by atoms with Gasteiger partial charge in [-0.1, -0.05) is 28.1 Å². The molecule has 0 amide bonds. The molecule has 0 aliphatic rings. The van der Waals surface area contributed by atoms with Gasteiger partial charge in [0.25, 0.3) is 0 Å². The Bertz CT molecular complexity index is 468. The van der Waals surface area contributed by atoms with Crippen LogP contribution in [0.3, 0.4) is 0 Å². The predicted octanol–water partition coefficient (Wildman–Crippen LogP) is 3.15. The summed E-state index contributed by atoms with van der Waals surface area (Å²) >= 11 is 5.12. The fourth-order valence-corrected chi connectivity index (χ4v) is 2.68. The zero-order valence-electron chi connectivity index (χ0n) is 8.82. The van der Waals surface area contributed by atoms with Crippen LogP contribution >= 0.6 is 27.3 Å². The maximum atomic E-state index is 5.53. The number of halogens is 1. The number of thiazole rings is 1. The van der Waals surface area contributed by atoms with Crippen LogP contribution in [-0.4, -0.2) is 4.98 Å². The van der Waals surface area contributed by atoms with Gasteiger partial charge in [-0.05, 0) is 30.5 Å². The largest absolute Gasteiger partial charge is 0.325 e. The molecule has 0 saturated heterocycles. The van der Waals surface area contributed by atoms with Gasteiger partial charge in [-0.3, -0.25) is 0 Å². The highest BCUT2D eigenvalue weighted by Crippen LogP contribution is 2.15. The molecule has 1 aromatic heterocycles. The van der Waals surface area contributed by atoms with Crippen LogP contribution in [0, 0.1) is 0 Å². The van der Waals surface area contributed by atoms with E-state index >= 15 is 0 Å². The van der Waals surface area contributed by atoms with Crippen LogP contribution in [0.4, 0.5) is 0 Å². The lowest BCUT2D eigenvalue weighted by molar-refractivity contribution is 0.904. The van der Waals surface area contributed by atoms with Gasteiger partial charge in [0.05, 0.1) is 5.69 Å². The van der Waals surface area contributed by atoms with Crippen LogP contribution in [0.15, 0.2) is 34.1 Å². The summed E-state index contributed by atoms with van der Waals surface area (Å²) in [6.07, 6.45) is 2.00. The van der Waals surface area contributed by atoms with E-state index in [9.17, 15) is 0 Å². The Hall–Kier alpha value is -0.710. The van der Waals surface area contributed by atoms with Crippen LogP contribution in [0.1, 0.15) is 16.3 Å². The smallest absolute Gasteiger partial charge is 0.106 e. The van der Waals surface area contributed by atoms with Gasteiger partial charge in [0.15, 0.2) is 0 Å². The Morgan fingerprint density at radius 2 is 2.19 bits per heavy atom. The number of aromatic nitrogens is 1. The molecule has 1 aromatic carbocycles. The number of benzene rings is 1. The van der Waals surface area contributed by atoms with E-state index in [0.29, 0.717) is 6.54 Å². The number of nitrogens with zero attached hydrogens (tertiary/aromatic N) is 1. The molecule has 0 fully saturated rings. The van der Waals surface area contributed by atoms with Gasteiger partial charge >= 0.3 is 0 Å². The predicted molar refractivity (Wildman–Crippen MR) is 71.6 cm³/mol. The average molecular weight is 297 g/mol. The quantitative estimate of drug-likeness (QED) is 0.941. The summed E-state index contributed by atoms with van der Waals surface area (Å²) in [6.45, 7) is 0.543. The third kappa shape index (κ3) is 3.14. The molecule has 0 bridgehead atoms. The molecule has 16 heavy (non-hydrogen) atoms.